The number of methoxy groups -OCH3 is 2. The summed E-state index contributed by atoms with van der Waals surface area (Å²) in [7, 11) is 2.97. The lowest BCUT2D eigenvalue weighted by Crippen LogP contribution is -2.33. The minimum absolute atomic E-state index is 0.259. The van der Waals surface area contributed by atoms with Crippen LogP contribution in [0, 0.1) is 0 Å². The fourth-order valence-corrected chi connectivity index (χ4v) is 4.76. The number of imide groups is 1. The van der Waals surface area contributed by atoms with Gasteiger partial charge in [0.05, 0.1) is 38.2 Å². The summed E-state index contributed by atoms with van der Waals surface area (Å²) in [4.78, 5) is 46.6. The van der Waals surface area contributed by atoms with Crippen molar-refractivity contribution >= 4 is 24.0 Å². The zero-order valence-electron chi connectivity index (χ0n) is 24.3. The minimum atomic E-state index is -0.387. The maximum absolute atomic E-state index is 13.6. The second-order valence-corrected chi connectivity index (χ2v) is 10.0. The van der Waals surface area contributed by atoms with Crippen LogP contribution in [0.25, 0.3) is 6.08 Å². The van der Waals surface area contributed by atoms with Crippen LogP contribution in [0.1, 0.15) is 72.5 Å². The summed E-state index contributed by atoms with van der Waals surface area (Å²) >= 11 is 0. The molecule has 0 N–H and O–H groups in total. The normalized spacial score (nSPS) is 14.3. The first-order chi connectivity index (χ1) is 19.9. The monoisotopic (exact) mass is 558 g/mol. The zero-order chi connectivity index (χ0) is 29.4. The number of ether oxygens (including phenoxy) is 2. The molecule has 1 aliphatic heterocycles. The van der Waals surface area contributed by atoms with Crippen LogP contribution in [0.3, 0.4) is 0 Å². The zero-order valence-corrected chi connectivity index (χ0v) is 24.3. The van der Waals surface area contributed by atoms with Crippen molar-refractivity contribution in [2.75, 3.05) is 20.8 Å². The van der Waals surface area contributed by atoms with Gasteiger partial charge in [0.15, 0.2) is 0 Å². The molecule has 9 nitrogen and oxygen atoms in total. The van der Waals surface area contributed by atoms with Crippen LogP contribution in [-0.4, -0.2) is 58.0 Å². The van der Waals surface area contributed by atoms with Gasteiger partial charge in [0.2, 0.25) is 0 Å². The van der Waals surface area contributed by atoms with Crippen molar-refractivity contribution in [3.05, 3.63) is 88.6 Å². The quantitative estimate of drug-likeness (QED) is 0.152. The van der Waals surface area contributed by atoms with E-state index in [0.717, 1.165) is 60.5 Å². The summed E-state index contributed by atoms with van der Waals surface area (Å²) in [6.45, 7) is 5.30. The molecule has 0 atom stereocenters. The molecule has 0 radical (unpaired) electrons. The number of amides is 3. The van der Waals surface area contributed by atoms with Gasteiger partial charge in [-0.05, 0) is 54.3 Å². The molecule has 3 aromatic rings. The lowest BCUT2D eigenvalue weighted by Gasteiger charge is -2.18. The van der Waals surface area contributed by atoms with Crippen LogP contribution in [0.15, 0.2) is 60.4 Å². The third-order valence-corrected chi connectivity index (χ3v) is 7.18. The number of imidazole rings is 1. The minimum Gasteiger partial charge on any atom is -0.497 e. The van der Waals surface area contributed by atoms with Crippen molar-refractivity contribution in [2.24, 2.45) is 0 Å². The smallest absolute Gasteiger partial charge is 0.337 e. The van der Waals surface area contributed by atoms with Crippen molar-refractivity contribution < 1.29 is 23.9 Å². The van der Waals surface area contributed by atoms with E-state index in [1.165, 1.54) is 12.0 Å². The Bertz CT molecular complexity index is 1390. The van der Waals surface area contributed by atoms with Crippen LogP contribution in [0.5, 0.6) is 5.75 Å². The molecule has 9 heteroatoms. The summed E-state index contributed by atoms with van der Waals surface area (Å²) in [5.41, 5.74) is 3.40. The number of nitrogens with zero attached hydrogens (tertiary/aromatic N) is 4. The SMILES string of the molecule is CCCCc1ncc(/C=C2/C(=O)N(CCCC)C(=O)N2Cc2ccc(OC)cc2)n1Cc1ccc(C(=O)OC)cc1. The first-order valence-corrected chi connectivity index (χ1v) is 14.1. The highest BCUT2D eigenvalue weighted by atomic mass is 16.5. The first-order valence-electron chi connectivity index (χ1n) is 14.1. The number of carbonyl (C=O) groups excluding carboxylic acids is 3. The fraction of sp³-hybridized carbons (Fsp3) is 0.375. The number of unbranched alkanes of at least 4 members (excludes halogenated alkanes) is 2. The summed E-state index contributed by atoms with van der Waals surface area (Å²) < 4.78 is 12.2. The molecule has 1 fully saturated rings. The van der Waals surface area contributed by atoms with E-state index in [1.807, 2.05) is 43.3 Å². The Kier molecular flexibility index (Phi) is 9.95. The van der Waals surface area contributed by atoms with E-state index in [-0.39, 0.29) is 24.5 Å². The van der Waals surface area contributed by atoms with E-state index >= 15 is 0 Å². The van der Waals surface area contributed by atoms with Crippen LogP contribution in [-0.2, 0) is 29.0 Å². The number of hydrogen-bond donors (Lipinski definition) is 0. The van der Waals surface area contributed by atoms with Gasteiger partial charge in [-0.25, -0.2) is 14.6 Å². The average Bonchev–Trinajstić information content (AvgIpc) is 3.47. The molecule has 1 saturated heterocycles. The molecule has 216 valence electrons. The van der Waals surface area contributed by atoms with Gasteiger partial charge in [0.1, 0.15) is 17.3 Å². The number of esters is 1. The predicted octanol–water partition coefficient (Wildman–Crippen LogP) is 5.67. The third kappa shape index (κ3) is 6.85. The van der Waals surface area contributed by atoms with Gasteiger partial charge in [0, 0.05) is 19.5 Å². The molecule has 0 unspecified atom stereocenters. The van der Waals surface area contributed by atoms with Gasteiger partial charge >= 0.3 is 12.0 Å². The fourth-order valence-electron chi connectivity index (χ4n) is 4.76. The summed E-state index contributed by atoms with van der Waals surface area (Å²) in [6, 6.07) is 14.4. The van der Waals surface area contributed by atoms with E-state index in [0.29, 0.717) is 24.4 Å². The number of carbonyl (C=O) groups is 3. The Hall–Kier alpha value is -4.40. The van der Waals surface area contributed by atoms with Gasteiger partial charge in [-0.3, -0.25) is 14.6 Å². The Morgan fingerprint density at radius 2 is 1.54 bits per heavy atom. The maximum atomic E-state index is 13.6. The van der Waals surface area contributed by atoms with Gasteiger partial charge in [-0.1, -0.05) is 51.0 Å². The molecule has 1 aliphatic rings. The van der Waals surface area contributed by atoms with Gasteiger partial charge in [0.25, 0.3) is 5.91 Å². The molecule has 41 heavy (non-hydrogen) atoms. The number of hydrogen-bond acceptors (Lipinski definition) is 6. The van der Waals surface area contributed by atoms with E-state index in [1.54, 1.807) is 36.4 Å². The van der Waals surface area contributed by atoms with E-state index < -0.39 is 0 Å². The average molecular weight is 559 g/mol. The molecule has 0 saturated carbocycles. The Morgan fingerprint density at radius 3 is 2.17 bits per heavy atom. The van der Waals surface area contributed by atoms with Crippen LogP contribution in [0.4, 0.5) is 4.79 Å². The second kappa shape index (κ2) is 13.8. The first kappa shape index (κ1) is 29.6. The van der Waals surface area contributed by atoms with E-state index in [9.17, 15) is 14.4 Å². The van der Waals surface area contributed by atoms with Gasteiger partial charge < -0.3 is 14.0 Å². The van der Waals surface area contributed by atoms with Crippen molar-refractivity contribution in [1.29, 1.82) is 0 Å². The molecule has 3 amide bonds. The number of benzene rings is 2. The summed E-state index contributed by atoms with van der Waals surface area (Å²) in [6.07, 6.45) is 7.93. The number of urea groups is 1. The molecule has 0 bridgehead atoms. The largest absolute Gasteiger partial charge is 0.497 e. The number of rotatable bonds is 13. The number of aromatic nitrogens is 2. The Morgan fingerprint density at radius 1 is 0.878 bits per heavy atom. The van der Waals surface area contributed by atoms with Crippen molar-refractivity contribution in [2.45, 2.75) is 59.0 Å². The standard InChI is InChI=1S/C32H38N4O5/c1-5-7-9-29-33-20-26(35(29)21-23-10-14-25(15-11-23)31(38)41-4)19-28-30(37)34(18-8-6-2)32(39)36(28)22-24-12-16-27(40-3)17-13-24/h10-17,19-20H,5-9,18,21-22H2,1-4H3/b28-19-. The van der Waals surface area contributed by atoms with Crippen LogP contribution in [0.2, 0.25) is 0 Å². The Balaban J connectivity index is 1.71. The van der Waals surface area contributed by atoms with E-state index in [4.69, 9.17) is 14.5 Å². The highest BCUT2D eigenvalue weighted by molar-refractivity contribution is 6.13. The topological polar surface area (TPSA) is 94.0 Å². The number of aryl methyl sites for hydroxylation is 1. The van der Waals surface area contributed by atoms with E-state index in [2.05, 4.69) is 11.5 Å². The molecular weight excluding hydrogens is 520 g/mol. The molecule has 2 heterocycles. The lowest BCUT2D eigenvalue weighted by atomic mass is 10.1. The molecular formula is C32H38N4O5. The maximum Gasteiger partial charge on any atom is 0.337 e. The highest BCUT2D eigenvalue weighted by Crippen LogP contribution is 2.28. The second-order valence-electron chi connectivity index (χ2n) is 10.0. The van der Waals surface area contributed by atoms with Gasteiger partial charge in [-0.2, -0.15) is 0 Å². The van der Waals surface area contributed by atoms with Gasteiger partial charge in [-0.15, -0.1) is 0 Å². The van der Waals surface area contributed by atoms with Crippen LogP contribution < -0.4 is 4.74 Å². The molecule has 0 aliphatic carbocycles. The molecule has 2 aromatic carbocycles. The molecule has 0 spiro atoms. The predicted molar refractivity (Wildman–Crippen MR) is 156 cm³/mol. The molecule has 1 aromatic heterocycles. The Labute approximate surface area is 241 Å². The molecule has 4 rings (SSSR count). The summed E-state index contributed by atoms with van der Waals surface area (Å²) in [5.74, 6) is 0.933. The van der Waals surface area contributed by atoms with Crippen molar-refractivity contribution in [3.8, 4) is 5.75 Å². The van der Waals surface area contributed by atoms with Crippen molar-refractivity contribution in [3.63, 3.8) is 0 Å². The summed E-state index contributed by atoms with van der Waals surface area (Å²) in [5, 5.41) is 0. The lowest BCUT2D eigenvalue weighted by molar-refractivity contribution is -0.123. The van der Waals surface area contributed by atoms with Crippen LogP contribution >= 0.6 is 0 Å². The van der Waals surface area contributed by atoms with Crippen molar-refractivity contribution in [1.82, 2.24) is 19.4 Å². The highest BCUT2D eigenvalue weighted by Gasteiger charge is 2.40. The third-order valence-electron chi connectivity index (χ3n) is 7.18.